The van der Waals surface area contributed by atoms with Gasteiger partial charge in [0.2, 0.25) is 0 Å². The molecule has 1 heterocycles. The van der Waals surface area contributed by atoms with Gasteiger partial charge in [0.15, 0.2) is 0 Å². The van der Waals surface area contributed by atoms with Gasteiger partial charge in [0.05, 0.1) is 0 Å². The second-order valence-corrected chi connectivity index (χ2v) is 5.55. The Kier molecular flexibility index (Phi) is 4.40. The van der Waals surface area contributed by atoms with Crippen molar-refractivity contribution in [1.82, 2.24) is 4.98 Å². The number of aromatic nitrogens is 1. The van der Waals surface area contributed by atoms with Gasteiger partial charge < -0.3 is 10.0 Å². The average molecular weight is 304 g/mol. The minimum Gasteiger partial charge on any atom is -0.384 e. The Labute approximate surface area is 136 Å². The number of anilines is 2. The van der Waals surface area contributed by atoms with Crippen LogP contribution < -0.4 is 4.90 Å². The zero-order chi connectivity index (χ0) is 16.2. The third kappa shape index (κ3) is 3.25. The number of aryl methyl sites for hydroxylation is 1. The molecule has 1 aromatic heterocycles. The number of para-hydroxylation sites is 1. The molecule has 0 aliphatic rings. The van der Waals surface area contributed by atoms with Crippen molar-refractivity contribution in [2.24, 2.45) is 0 Å². The number of pyridine rings is 1. The predicted octanol–water partition coefficient (Wildman–Crippen LogP) is 4.24. The zero-order valence-electron chi connectivity index (χ0n) is 13.3. The summed E-state index contributed by atoms with van der Waals surface area (Å²) in [5.74, 6) is 0.859. The summed E-state index contributed by atoms with van der Waals surface area (Å²) < 4.78 is 0. The first-order valence-corrected chi connectivity index (χ1v) is 7.66. The lowest BCUT2D eigenvalue weighted by atomic mass is 10.0. The van der Waals surface area contributed by atoms with E-state index < -0.39 is 6.10 Å². The van der Waals surface area contributed by atoms with Crippen LogP contribution in [0, 0.1) is 6.92 Å². The Bertz CT molecular complexity index is 772. The Morgan fingerprint density at radius 1 is 0.870 bits per heavy atom. The molecule has 0 saturated heterocycles. The van der Waals surface area contributed by atoms with Crippen LogP contribution in [0.25, 0.3) is 0 Å². The first-order chi connectivity index (χ1) is 11.2. The van der Waals surface area contributed by atoms with E-state index in [1.54, 1.807) is 0 Å². The van der Waals surface area contributed by atoms with Crippen molar-refractivity contribution >= 4 is 11.5 Å². The number of aliphatic hydroxyl groups excluding tert-OH is 1. The molecule has 1 N–H and O–H groups in total. The maximum Gasteiger partial charge on any atom is 0.132 e. The van der Waals surface area contributed by atoms with E-state index in [9.17, 15) is 5.11 Å². The van der Waals surface area contributed by atoms with Crippen LogP contribution in [0.2, 0.25) is 0 Å². The van der Waals surface area contributed by atoms with E-state index in [-0.39, 0.29) is 0 Å². The SMILES string of the molecule is Cc1nc(N(C)c2ccccc2)ccc1C(O)c1ccccc1. The molecule has 0 amide bonds. The average Bonchev–Trinajstić information content (AvgIpc) is 2.62. The zero-order valence-corrected chi connectivity index (χ0v) is 13.3. The molecule has 0 fully saturated rings. The summed E-state index contributed by atoms with van der Waals surface area (Å²) in [5.41, 5.74) is 3.63. The lowest BCUT2D eigenvalue weighted by Gasteiger charge is -2.21. The standard InChI is InChI=1S/C20H20N2O/c1-15-18(20(23)16-9-5-3-6-10-16)13-14-19(21-15)22(2)17-11-7-4-8-12-17/h3-14,20,23H,1-2H3. The van der Waals surface area contributed by atoms with E-state index in [1.165, 1.54) is 0 Å². The van der Waals surface area contributed by atoms with Crippen molar-refractivity contribution < 1.29 is 5.11 Å². The molecular formula is C20H20N2O. The highest BCUT2D eigenvalue weighted by Crippen LogP contribution is 2.27. The van der Waals surface area contributed by atoms with Gasteiger partial charge in [0.25, 0.3) is 0 Å². The molecule has 0 bridgehead atoms. The number of aliphatic hydroxyl groups is 1. The first-order valence-electron chi connectivity index (χ1n) is 7.66. The molecule has 116 valence electrons. The predicted molar refractivity (Wildman–Crippen MR) is 94.0 cm³/mol. The second-order valence-electron chi connectivity index (χ2n) is 5.55. The molecule has 3 nitrogen and oxygen atoms in total. The van der Waals surface area contributed by atoms with Crippen LogP contribution in [-0.2, 0) is 0 Å². The second kappa shape index (κ2) is 6.63. The number of rotatable bonds is 4. The van der Waals surface area contributed by atoms with Gasteiger partial charge in [-0.3, -0.25) is 0 Å². The molecule has 3 aromatic rings. The topological polar surface area (TPSA) is 36.4 Å². The maximum absolute atomic E-state index is 10.6. The van der Waals surface area contributed by atoms with Crippen LogP contribution in [0.1, 0.15) is 22.9 Å². The minimum absolute atomic E-state index is 0.653. The Morgan fingerprint density at radius 2 is 1.48 bits per heavy atom. The normalized spacial score (nSPS) is 12.0. The fraction of sp³-hybridized carbons (Fsp3) is 0.150. The highest BCUT2D eigenvalue weighted by Gasteiger charge is 2.15. The fourth-order valence-corrected chi connectivity index (χ4v) is 2.63. The molecule has 0 aliphatic heterocycles. The van der Waals surface area contributed by atoms with Gasteiger partial charge in [-0.05, 0) is 30.7 Å². The van der Waals surface area contributed by atoms with E-state index in [4.69, 9.17) is 0 Å². The highest BCUT2D eigenvalue weighted by molar-refractivity contribution is 5.59. The third-order valence-electron chi connectivity index (χ3n) is 4.01. The first kappa shape index (κ1) is 15.3. The monoisotopic (exact) mass is 304 g/mol. The Hall–Kier alpha value is -2.65. The van der Waals surface area contributed by atoms with Crippen LogP contribution in [-0.4, -0.2) is 17.1 Å². The molecule has 3 rings (SSSR count). The summed E-state index contributed by atoms with van der Waals surface area (Å²) in [4.78, 5) is 6.70. The number of benzene rings is 2. The summed E-state index contributed by atoms with van der Waals surface area (Å²) in [6.07, 6.45) is -0.653. The van der Waals surface area contributed by atoms with E-state index >= 15 is 0 Å². The largest absolute Gasteiger partial charge is 0.384 e. The van der Waals surface area contributed by atoms with Crippen LogP contribution in [0.4, 0.5) is 11.5 Å². The van der Waals surface area contributed by atoms with E-state index in [0.29, 0.717) is 0 Å². The molecule has 0 saturated carbocycles. The highest BCUT2D eigenvalue weighted by atomic mass is 16.3. The van der Waals surface area contributed by atoms with Crippen LogP contribution >= 0.6 is 0 Å². The molecule has 0 spiro atoms. The summed E-state index contributed by atoms with van der Waals surface area (Å²) in [6, 6.07) is 23.6. The summed E-state index contributed by atoms with van der Waals surface area (Å²) in [6.45, 7) is 1.93. The van der Waals surface area contributed by atoms with E-state index in [2.05, 4.69) is 4.98 Å². The number of nitrogens with zero attached hydrogens (tertiary/aromatic N) is 2. The van der Waals surface area contributed by atoms with Gasteiger partial charge in [0.1, 0.15) is 11.9 Å². The summed E-state index contributed by atoms with van der Waals surface area (Å²) in [7, 11) is 1.99. The summed E-state index contributed by atoms with van der Waals surface area (Å²) >= 11 is 0. The number of hydrogen-bond donors (Lipinski definition) is 1. The lowest BCUT2D eigenvalue weighted by molar-refractivity contribution is 0.219. The van der Waals surface area contributed by atoms with Gasteiger partial charge >= 0.3 is 0 Å². The van der Waals surface area contributed by atoms with Gasteiger partial charge in [-0.25, -0.2) is 4.98 Å². The molecule has 1 unspecified atom stereocenters. The van der Waals surface area contributed by atoms with Gasteiger partial charge in [-0.15, -0.1) is 0 Å². The van der Waals surface area contributed by atoms with Gasteiger partial charge in [-0.2, -0.15) is 0 Å². The van der Waals surface area contributed by atoms with Crippen LogP contribution in [0.5, 0.6) is 0 Å². The van der Waals surface area contributed by atoms with Crippen LogP contribution in [0.15, 0.2) is 72.8 Å². The minimum atomic E-state index is -0.653. The maximum atomic E-state index is 10.6. The fourth-order valence-electron chi connectivity index (χ4n) is 2.63. The molecule has 1 atom stereocenters. The van der Waals surface area contributed by atoms with Crippen molar-refractivity contribution in [3.05, 3.63) is 89.6 Å². The van der Waals surface area contributed by atoms with Crippen LogP contribution in [0.3, 0.4) is 0 Å². The van der Waals surface area contributed by atoms with E-state index in [1.807, 2.05) is 91.7 Å². The van der Waals surface area contributed by atoms with Gasteiger partial charge in [0, 0.05) is 24.0 Å². The van der Waals surface area contributed by atoms with Crippen molar-refractivity contribution in [3.8, 4) is 0 Å². The molecule has 0 aliphatic carbocycles. The third-order valence-corrected chi connectivity index (χ3v) is 4.01. The quantitative estimate of drug-likeness (QED) is 0.783. The molecule has 2 aromatic carbocycles. The molecule has 23 heavy (non-hydrogen) atoms. The summed E-state index contributed by atoms with van der Waals surface area (Å²) in [5, 5.41) is 10.6. The van der Waals surface area contributed by atoms with Crippen molar-refractivity contribution in [1.29, 1.82) is 0 Å². The molecular weight excluding hydrogens is 284 g/mol. The van der Waals surface area contributed by atoms with Crippen molar-refractivity contribution in [3.63, 3.8) is 0 Å². The lowest BCUT2D eigenvalue weighted by Crippen LogP contribution is -2.13. The Balaban J connectivity index is 1.89. The molecule has 3 heteroatoms. The van der Waals surface area contributed by atoms with Gasteiger partial charge in [-0.1, -0.05) is 54.6 Å². The number of hydrogen-bond acceptors (Lipinski definition) is 3. The molecule has 0 radical (unpaired) electrons. The van der Waals surface area contributed by atoms with Crippen molar-refractivity contribution in [2.45, 2.75) is 13.0 Å². The van der Waals surface area contributed by atoms with Crippen molar-refractivity contribution in [2.75, 3.05) is 11.9 Å². The Morgan fingerprint density at radius 3 is 2.09 bits per heavy atom. The smallest absolute Gasteiger partial charge is 0.132 e. The van der Waals surface area contributed by atoms with E-state index in [0.717, 1.165) is 28.3 Å².